The average Bonchev–Trinajstić information content (AvgIpc) is 3.33. The van der Waals surface area contributed by atoms with Crippen LogP contribution in [0.2, 0.25) is 10.0 Å². The molecule has 2 aliphatic heterocycles. The number of aromatic nitrogens is 2. The summed E-state index contributed by atoms with van der Waals surface area (Å²) in [4.78, 5) is 48.5. The minimum absolute atomic E-state index is 0.0366. The van der Waals surface area contributed by atoms with Gasteiger partial charge in [-0.05, 0) is 61.3 Å². The van der Waals surface area contributed by atoms with Gasteiger partial charge in [-0.3, -0.25) is 19.5 Å². The number of aliphatic imine (C=N–C) groups is 1. The first-order valence-corrected chi connectivity index (χ1v) is 14.4. The Kier molecular flexibility index (Phi) is 6.09. The van der Waals surface area contributed by atoms with Gasteiger partial charge in [0.1, 0.15) is 16.6 Å². The first kappa shape index (κ1) is 26.0. The van der Waals surface area contributed by atoms with Crippen LogP contribution in [0.3, 0.4) is 0 Å². The van der Waals surface area contributed by atoms with Crippen molar-refractivity contribution in [2.45, 2.75) is 37.9 Å². The number of benzene rings is 2. The normalized spacial score (nSPS) is 26.1. The monoisotopic (exact) mass is 591 g/mol. The molecule has 41 heavy (non-hydrogen) atoms. The van der Waals surface area contributed by atoms with E-state index in [0.29, 0.717) is 17.4 Å². The zero-order chi connectivity index (χ0) is 28.5. The quantitative estimate of drug-likeness (QED) is 0.417. The molecular weight excluding hydrogens is 565 g/mol. The van der Waals surface area contributed by atoms with Crippen LogP contribution < -0.4 is 15.5 Å². The molecule has 3 fully saturated rings. The van der Waals surface area contributed by atoms with E-state index in [1.54, 1.807) is 31.3 Å². The van der Waals surface area contributed by atoms with Gasteiger partial charge in [-0.1, -0.05) is 47.5 Å². The topological polar surface area (TPSA) is 123 Å². The van der Waals surface area contributed by atoms with E-state index in [-0.39, 0.29) is 33.0 Å². The van der Waals surface area contributed by atoms with Crippen molar-refractivity contribution in [1.82, 2.24) is 20.4 Å². The van der Waals surface area contributed by atoms with Gasteiger partial charge in [-0.15, -0.1) is 0 Å². The van der Waals surface area contributed by atoms with E-state index in [2.05, 4.69) is 25.7 Å². The Morgan fingerprint density at radius 3 is 2.51 bits per heavy atom. The number of halogens is 2. The van der Waals surface area contributed by atoms with Crippen LogP contribution in [0.25, 0.3) is 0 Å². The first-order chi connectivity index (χ1) is 19.8. The van der Waals surface area contributed by atoms with Crippen molar-refractivity contribution in [3.8, 4) is 0 Å². The number of hydrogen-bond donors (Lipinski definition) is 3. The molecule has 0 bridgehead atoms. The Balaban J connectivity index is 1.17. The molecule has 210 valence electrons. The zero-order valence-corrected chi connectivity index (χ0v) is 23.7. The predicted octanol–water partition coefficient (Wildman–Crippen LogP) is 4.32. The van der Waals surface area contributed by atoms with Crippen LogP contribution in [0.1, 0.15) is 52.1 Å². The van der Waals surface area contributed by atoms with Gasteiger partial charge in [0.25, 0.3) is 17.7 Å². The van der Waals surface area contributed by atoms with Gasteiger partial charge in [0.05, 0.1) is 16.3 Å². The molecule has 12 heteroatoms. The van der Waals surface area contributed by atoms with Crippen LogP contribution in [-0.4, -0.2) is 64.5 Å². The highest BCUT2D eigenvalue weighted by Crippen LogP contribution is 2.66. The summed E-state index contributed by atoms with van der Waals surface area (Å²) in [7, 11) is 1.68. The van der Waals surface area contributed by atoms with Gasteiger partial charge in [0.15, 0.2) is 5.82 Å². The number of para-hydroxylation sites is 1. The summed E-state index contributed by atoms with van der Waals surface area (Å²) in [5, 5.41) is 12.1. The minimum Gasteiger partial charge on any atom is -0.352 e. The maximum Gasteiger partial charge on any atom is 0.272 e. The number of nitrogens with one attached hydrogen (secondary N) is 3. The predicted molar refractivity (Wildman–Crippen MR) is 156 cm³/mol. The number of carbonyl (C=O) groups is 3. The summed E-state index contributed by atoms with van der Waals surface area (Å²) in [6, 6.07) is 14.6. The van der Waals surface area contributed by atoms with E-state index in [1.165, 1.54) is 24.2 Å². The molecule has 3 heterocycles. The molecule has 4 unspecified atom stereocenters. The SMILES string of the molecule is CN1C(=O)C(NC(=O)c2[nH]nc(NC(=O)c3ccccc3Cl)c2Cl)N=C(N2CC3CCC34CCC24)c2ccccc21. The lowest BCUT2D eigenvalue weighted by Crippen LogP contribution is -2.55. The number of amides is 3. The summed E-state index contributed by atoms with van der Waals surface area (Å²) in [5.41, 5.74) is 2.10. The largest absolute Gasteiger partial charge is 0.352 e. The second-order valence-electron chi connectivity index (χ2n) is 11.1. The third-order valence-electron chi connectivity index (χ3n) is 9.26. The number of fused-ring (bicyclic) bond motifs is 1. The van der Waals surface area contributed by atoms with Crippen LogP contribution in [0.15, 0.2) is 53.5 Å². The molecule has 3 amide bonds. The van der Waals surface area contributed by atoms with Crippen molar-refractivity contribution in [2.24, 2.45) is 16.3 Å². The van der Waals surface area contributed by atoms with E-state index in [4.69, 9.17) is 28.2 Å². The fourth-order valence-corrected chi connectivity index (χ4v) is 7.31. The number of aromatic amines is 1. The summed E-state index contributed by atoms with van der Waals surface area (Å²) in [6.45, 7) is 0.900. The number of hydrogen-bond acceptors (Lipinski definition) is 6. The minimum atomic E-state index is -1.19. The molecule has 1 spiro atoms. The summed E-state index contributed by atoms with van der Waals surface area (Å²) in [5.74, 6) is -0.255. The van der Waals surface area contributed by atoms with E-state index in [9.17, 15) is 14.4 Å². The molecule has 1 aromatic heterocycles. The summed E-state index contributed by atoms with van der Waals surface area (Å²) < 4.78 is 0. The number of carbonyl (C=O) groups excluding carboxylic acids is 3. The van der Waals surface area contributed by atoms with Crippen molar-refractivity contribution in [3.05, 3.63) is 75.4 Å². The molecule has 4 aliphatic rings. The maximum absolute atomic E-state index is 13.6. The van der Waals surface area contributed by atoms with Gasteiger partial charge < -0.3 is 20.4 Å². The van der Waals surface area contributed by atoms with Gasteiger partial charge >= 0.3 is 0 Å². The molecule has 1 saturated heterocycles. The van der Waals surface area contributed by atoms with Gasteiger partial charge in [-0.2, -0.15) is 5.10 Å². The standard InChI is InChI=1S/C29H27Cl2N7O3/c1-37-19-9-5-3-7-17(19)25(38-14-15-10-12-29(15)13-11-20(29)38)32-24(28(37)41)34-27(40)22-21(31)23(36-35-22)33-26(39)16-6-2-4-8-18(16)30/h2-9,15,20,24H,10-14H2,1H3,(H,34,40)(H2,33,35,36,39). The lowest BCUT2D eigenvalue weighted by Gasteiger charge is -2.56. The van der Waals surface area contributed by atoms with E-state index >= 15 is 0 Å². The molecule has 4 atom stereocenters. The van der Waals surface area contributed by atoms with Crippen molar-refractivity contribution in [1.29, 1.82) is 0 Å². The molecular formula is C29H27Cl2N7O3. The average molecular weight is 592 g/mol. The highest BCUT2D eigenvalue weighted by atomic mass is 35.5. The first-order valence-electron chi connectivity index (χ1n) is 13.6. The van der Waals surface area contributed by atoms with E-state index < -0.39 is 18.0 Å². The Morgan fingerprint density at radius 2 is 1.80 bits per heavy atom. The second kappa shape index (κ2) is 9.60. The highest BCUT2D eigenvalue weighted by Gasteiger charge is 2.64. The Labute approximate surface area is 246 Å². The second-order valence-corrected chi connectivity index (χ2v) is 11.9. The van der Waals surface area contributed by atoms with Crippen molar-refractivity contribution >= 4 is 58.3 Å². The molecule has 10 nitrogen and oxygen atoms in total. The molecule has 2 aromatic carbocycles. The van der Waals surface area contributed by atoms with Crippen molar-refractivity contribution < 1.29 is 14.4 Å². The van der Waals surface area contributed by atoms with Crippen LogP contribution in [0.5, 0.6) is 0 Å². The van der Waals surface area contributed by atoms with Crippen LogP contribution in [-0.2, 0) is 4.79 Å². The smallest absolute Gasteiger partial charge is 0.272 e. The number of likely N-dealkylation sites (tertiary alicyclic amines) is 1. The number of rotatable bonds is 4. The molecule has 7 rings (SSSR count). The Hall–Kier alpha value is -3.89. The number of anilines is 2. The molecule has 3 aromatic rings. The Bertz CT molecular complexity index is 1630. The van der Waals surface area contributed by atoms with Crippen LogP contribution in [0.4, 0.5) is 11.5 Å². The zero-order valence-electron chi connectivity index (χ0n) is 22.2. The lowest BCUT2D eigenvalue weighted by atomic mass is 9.50. The lowest BCUT2D eigenvalue weighted by molar-refractivity contribution is -0.119. The van der Waals surface area contributed by atoms with Gasteiger partial charge in [0, 0.05) is 25.2 Å². The fraction of sp³-hybridized carbons (Fsp3) is 0.345. The number of H-pyrrole nitrogens is 1. The number of amidine groups is 1. The molecule has 2 aliphatic carbocycles. The summed E-state index contributed by atoms with van der Waals surface area (Å²) in [6.07, 6.45) is 3.60. The highest BCUT2D eigenvalue weighted by molar-refractivity contribution is 6.37. The number of benzodiazepines with no additional fused rings is 1. The van der Waals surface area contributed by atoms with Crippen LogP contribution in [0, 0.1) is 11.3 Å². The summed E-state index contributed by atoms with van der Waals surface area (Å²) >= 11 is 12.6. The van der Waals surface area contributed by atoms with Gasteiger partial charge in [-0.25, -0.2) is 4.99 Å². The van der Waals surface area contributed by atoms with Crippen LogP contribution >= 0.6 is 23.2 Å². The van der Waals surface area contributed by atoms with E-state index in [0.717, 1.165) is 30.1 Å². The molecule has 3 N–H and O–H groups in total. The van der Waals surface area contributed by atoms with Crippen molar-refractivity contribution in [3.63, 3.8) is 0 Å². The third kappa shape index (κ3) is 3.95. The van der Waals surface area contributed by atoms with E-state index in [1.807, 2.05) is 24.3 Å². The Morgan fingerprint density at radius 1 is 1.05 bits per heavy atom. The maximum atomic E-state index is 13.6. The van der Waals surface area contributed by atoms with Crippen molar-refractivity contribution in [2.75, 3.05) is 23.8 Å². The number of nitrogens with zero attached hydrogens (tertiary/aromatic N) is 4. The molecule has 0 radical (unpaired) electrons. The fourth-order valence-electron chi connectivity index (χ4n) is 6.87. The van der Waals surface area contributed by atoms with Gasteiger partial charge in [0.2, 0.25) is 6.17 Å². The number of likely N-dealkylation sites (N-methyl/N-ethyl adjacent to an activating group) is 1. The molecule has 2 saturated carbocycles. The third-order valence-corrected chi connectivity index (χ3v) is 9.96.